The van der Waals surface area contributed by atoms with Crippen LogP contribution in [-0.4, -0.2) is 9.97 Å². The first kappa shape index (κ1) is 9.75. The lowest BCUT2D eigenvalue weighted by Crippen LogP contribution is -2.20. The molecule has 14 heavy (non-hydrogen) atoms. The Bertz CT molecular complexity index is 298. The van der Waals surface area contributed by atoms with Crippen LogP contribution >= 0.6 is 0 Å². The summed E-state index contributed by atoms with van der Waals surface area (Å²) in [6.07, 6.45) is 2.33. The molecule has 1 aromatic heterocycles. The molecule has 2 atom stereocenters. The highest BCUT2D eigenvalue weighted by atomic mass is 14.9. The maximum Gasteiger partial charge on any atom is 0.109 e. The average Bonchev–Trinajstić information content (AvgIpc) is 2.48. The lowest BCUT2D eigenvalue weighted by Gasteiger charge is -2.24. The highest BCUT2D eigenvalue weighted by molar-refractivity contribution is 5.20. The number of fused-ring (bicyclic) bond motifs is 1. The number of aromatic amines is 1. The number of hydrogen-bond donors (Lipinski definition) is 1. The van der Waals surface area contributed by atoms with E-state index in [1.807, 2.05) is 0 Å². The minimum absolute atomic E-state index is 0.520. The molecule has 0 saturated heterocycles. The molecule has 1 aromatic rings. The zero-order valence-corrected chi connectivity index (χ0v) is 9.59. The van der Waals surface area contributed by atoms with Gasteiger partial charge in [0, 0.05) is 11.6 Å². The largest absolute Gasteiger partial charge is 0.345 e. The van der Waals surface area contributed by atoms with Gasteiger partial charge in [0.15, 0.2) is 0 Å². The molecule has 0 fully saturated rings. The molecular formula is C12H20N2. The van der Waals surface area contributed by atoms with Crippen LogP contribution < -0.4 is 0 Å². The van der Waals surface area contributed by atoms with Crippen LogP contribution in [0.2, 0.25) is 0 Å². The monoisotopic (exact) mass is 192 g/mol. The summed E-state index contributed by atoms with van der Waals surface area (Å²) in [5.74, 6) is 3.26. The maximum atomic E-state index is 4.68. The van der Waals surface area contributed by atoms with Crippen LogP contribution in [0.5, 0.6) is 0 Å². The average molecular weight is 192 g/mol. The fraction of sp³-hybridized carbons (Fsp3) is 0.750. The van der Waals surface area contributed by atoms with Crippen molar-refractivity contribution in [1.82, 2.24) is 9.97 Å². The Labute approximate surface area is 86.1 Å². The van der Waals surface area contributed by atoms with Crippen LogP contribution in [-0.2, 0) is 12.8 Å². The number of nitrogens with zero attached hydrogens (tertiary/aromatic N) is 1. The van der Waals surface area contributed by atoms with Gasteiger partial charge in [-0.1, -0.05) is 27.7 Å². The zero-order chi connectivity index (χ0) is 10.3. The highest BCUT2D eigenvalue weighted by Gasteiger charge is 2.25. The number of nitrogens with one attached hydrogen (secondary N) is 1. The SMILES string of the molecule is CC(C)c1nc2c([nH]1)CC(C)C(C)C2. The molecule has 1 heterocycles. The summed E-state index contributed by atoms with van der Waals surface area (Å²) in [6, 6.07) is 0. The van der Waals surface area contributed by atoms with Crippen LogP contribution in [0.25, 0.3) is 0 Å². The molecule has 0 aliphatic heterocycles. The van der Waals surface area contributed by atoms with Crippen LogP contribution in [0.4, 0.5) is 0 Å². The first-order valence-corrected chi connectivity index (χ1v) is 5.65. The van der Waals surface area contributed by atoms with Gasteiger partial charge in [-0.2, -0.15) is 0 Å². The topological polar surface area (TPSA) is 28.7 Å². The van der Waals surface area contributed by atoms with E-state index in [0.29, 0.717) is 5.92 Å². The third kappa shape index (κ3) is 1.58. The molecule has 0 radical (unpaired) electrons. The van der Waals surface area contributed by atoms with E-state index in [4.69, 9.17) is 0 Å². The Kier molecular flexibility index (Phi) is 2.38. The van der Waals surface area contributed by atoms with Crippen LogP contribution in [0.15, 0.2) is 0 Å². The smallest absolute Gasteiger partial charge is 0.109 e. The Morgan fingerprint density at radius 2 is 1.86 bits per heavy atom. The van der Waals surface area contributed by atoms with Crippen molar-refractivity contribution >= 4 is 0 Å². The minimum Gasteiger partial charge on any atom is -0.345 e. The molecule has 2 nitrogen and oxygen atoms in total. The third-order valence-corrected chi connectivity index (χ3v) is 3.44. The standard InChI is InChI=1S/C12H20N2/c1-7(2)12-13-10-5-8(3)9(4)6-11(10)14-12/h7-9H,5-6H2,1-4H3,(H,13,14). The summed E-state index contributed by atoms with van der Waals surface area (Å²) in [4.78, 5) is 8.15. The lowest BCUT2D eigenvalue weighted by molar-refractivity contribution is 0.355. The van der Waals surface area contributed by atoms with Crippen molar-refractivity contribution < 1.29 is 0 Å². The number of H-pyrrole nitrogens is 1. The molecule has 78 valence electrons. The predicted octanol–water partition coefficient (Wildman–Crippen LogP) is 2.90. The van der Waals surface area contributed by atoms with E-state index in [0.717, 1.165) is 24.1 Å². The highest BCUT2D eigenvalue weighted by Crippen LogP contribution is 2.29. The zero-order valence-electron chi connectivity index (χ0n) is 9.59. The van der Waals surface area contributed by atoms with E-state index in [-0.39, 0.29) is 0 Å². The molecule has 1 aliphatic rings. The molecule has 2 unspecified atom stereocenters. The summed E-state index contributed by atoms with van der Waals surface area (Å²) in [5.41, 5.74) is 2.71. The van der Waals surface area contributed by atoms with Crippen molar-refractivity contribution in [2.24, 2.45) is 11.8 Å². The van der Waals surface area contributed by atoms with Gasteiger partial charge in [-0.05, 0) is 24.7 Å². The Hall–Kier alpha value is -0.790. The molecule has 2 heteroatoms. The quantitative estimate of drug-likeness (QED) is 0.728. The first-order chi connectivity index (χ1) is 6.58. The molecule has 0 bridgehead atoms. The van der Waals surface area contributed by atoms with Crippen LogP contribution in [0.3, 0.4) is 0 Å². The van der Waals surface area contributed by atoms with Gasteiger partial charge in [0.1, 0.15) is 5.82 Å². The van der Waals surface area contributed by atoms with Gasteiger partial charge in [-0.15, -0.1) is 0 Å². The summed E-state index contributed by atoms with van der Waals surface area (Å²) in [7, 11) is 0. The fourth-order valence-corrected chi connectivity index (χ4v) is 2.11. The number of aromatic nitrogens is 2. The summed E-state index contributed by atoms with van der Waals surface area (Å²) in [5, 5.41) is 0. The molecule has 0 saturated carbocycles. The van der Waals surface area contributed by atoms with Gasteiger partial charge in [0.2, 0.25) is 0 Å². The van der Waals surface area contributed by atoms with Crippen molar-refractivity contribution in [3.05, 3.63) is 17.2 Å². The summed E-state index contributed by atoms with van der Waals surface area (Å²) < 4.78 is 0. The second-order valence-electron chi connectivity index (χ2n) is 5.06. The Balaban J connectivity index is 2.29. The van der Waals surface area contributed by atoms with Crippen LogP contribution in [0, 0.1) is 11.8 Å². The maximum absolute atomic E-state index is 4.68. The van der Waals surface area contributed by atoms with E-state index in [1.165, 1.54) is 17.8 Å². The van der Waals surface area contributed by atoms with Crippen molar-refractivity contribution in [2.45, 2.75) is 46.5 Å². The normalized spacial score (nSPS) is 26.6. The van der Waals surface area contributed by atoms with E-state index < -0.39 is 0 Å². The van der Waals surface area contributed by atoms with Crippen molar-refractivity contribution in [3.8, 4) is 0 Å². The molecule has 1 aliphatic carbocycles. The number of rotatable bonds is 1. The van der Waals surface area contributed by atoms with E-state index >= 15 is 0 Å². The lowest BCUT2D eigenvalue weighted by atomic mass is 9.82. The van der Waals surface area contributed by atoms with E-state index in [9.17, 15) is 0 Å². The Morgan fingerprint density at radius 1 is 1.21 bits per heavy atom. The fourth-order valence-electron chi connectivity index (χ4n) is 2.11. The predicted molar refractivity (Wildman–Crippen MR) is 58.4 cm³/mol. The van der Waals surface area contributed by atoms with E-state index in [1.54, 1.807) is 0 Å². The molecule has 0 spiro atoms. The first-order valence-electron chi connectivity index (χ1n) is 5.65. The van der Waals surface area contributed by atoms with Gasteiger partial charge in [-0.3, -0.25) is 0 Å². The molecule has 1 N–H and O–H groups in total. The van der Waals surface area contributed by atoms with Gasteiger partial charge >= 0.3 is 0 Å². The molecule has 0 aromatic carbocycles. The Morgan fingerprint density at radius 3 is 2.50 bits per heavy atom. The van der Waals surface area contributed by atoms with Crippen molar-refractivity contribution in [3.63, 3.8) is 0 Å². The van der Waals surface area contributed by atoms with Gasteiger partial charge in [0.25, 0.3) is 0 Å². The van der Waals surface area contributed by atoms with Gasteiger partial charge < -0.3 is 4.98 Å². The van der Waals surface area contributed by atoms with E-state index in [2.05, 4.69) is 37.7 Å². The minimum atomic E-state index is 0.520. The summed E-state index contributed by atoms with van der Waals surface area (Å²) >= 11 is 0. The number of hydrogen-bond acceptors (Lipinski definition) is 1. The summed E-state index contributed by atoms with van der Waals surface area (Å²) in [6.45, 7) is 9.05. The number of imidazole rings is 1. The van der Waals surface area contributed by atoms with Crippen molar-refractivity contribution in [2.75, 3.05) is 0 Å². The molecule has 0 amide bonds. The van der Waals surface area contributed by atoms with Gasteiger partial charge in [-0.25, -0.2) is 4.98 Å². The second kappa shape index (κ2) is 3.41. The van der Waals surface area contributed by atoms with Crippen molar-refractivity contribution in [1.29, 1.82) is 0 Å². The van der Waals surface area contributed by atoms with Crippen LogP contribution in [0.1, 0.15) is 50.8 Å². The molecular weight excluding hydrogens is 172 g/mol. The second-order valence-corrected chi connectivity index (χ2v) is 5.06. The molecule has 2 rings (SSSR count). The van der Waals surface area contributed by atoms with Gasteiger partial charge in [0.05, 0.1) is 5.69 Å². The third-order valence-electron chi connectivity index (χ3n) is 3.44.